The zero-order valence-corrected chi connectivity index (χ0v) is 14.7. The van der Waals surface area contributed by atoms with Crippen molar-refractivity contribution in [1.82, 2.24) is 24.8 Å². The largest absolute Gasteiger partial charge is 0.322 e. The first-order chi connectivity index (χ1) is 13.2. The number of hydrogen-bond donors (Lipinski definition) is 1. The molecule has 134 valence electrons. The lowest BCUT2D eigenvalue weighted by molar-refractivity contribution is 0.624. The number of pyridine rings is 2. The topological polar surface area (TPSA) is 68.0 Å². The Bertz CT molecular complexity index is 1130. The molecule has 5 rings (SSSR count). The molecule has 1 aliphatic rings. The average Bonchev–Trinajstić information content (AvgIpc) is 3.44. The second-order valence-electron chi connectivity index (χ2n) is 6.86. The Balaban J connectivity index is 1.44. The van der Waals surface area contributed by atoms with E-state index < -0.39 is 0 Å². The first-order valence-electron chi connectivity index (χ1n) is 8.88. The molecule has 0 aliphatic heterocycles. The maximum Gasteiger partial charge on any atom is 0.154 e. The highest BCUT2D eigenvalue weighted by Crippen LogP contribution is 2.38. The number of nitrogens with one attached hydrogen (secondary N) is 1. The van der Waals surface area contributed by atoms with Crippen LogP contribution in [0.25, 0.3) is 16.6 Å². The number of rotatable bonds is 4. The Labute approximate surface area is 155 Å². The normalized spacial score (nSPS) is 13.9. The van der Waals surface area contributed by atoms with Gasteiger partial charge in [-0.25, -0.2) is 8.91 Å². The molecule has 0 spiro atoms. The summed E-state index contributed by atoms with van der Waals surface area (Å²) in [5.41, 5.74) is 3.99. The number of halogens is 1. The highest BCUT2D eigenvalue weighted by molar-refractivity contribution is 5.71. The molecule has 0 saturated heterocycles. The van der Waals surface area contributed by atoms with Gasteiger partial charge in [0.15, 0.2) is 11.6 Å². The number of hydrogen-bond acceptors (Lipinski definition) is 5. The minimum Gasteiger partial charge on any atom is -0.322 e. The van der Waals surface area contributed by atoms with Gasteiger partial charge in [0.1, 0.15) is 5.82 Å². The van der Waals surface area contributed by atoms with Crippen LogP contribution in [0.5, 0.6) is 0 Å². The molecule has 27 heavy (non-hydrogen) atoms. The van der Waals surface area contributed by atoms with E-state index in [1.165, 1.54) is 19.0 Å². The molecule has 1 fully saturated rings. The van der Waals surface area contributed by atoms with Gasteiger partial charge < -0.3 is 5.32 Å². The molecule has 7 heteroatoms. The Morgan fingerprint density at radius 2 is 1.96 bits per heavy atom. The summed E-state index contributed by atoms with van der Waals surface area (Å²) in [7, 11) is 0. The first-order valence-corrected chi connectivity index (χ1v) is 8.88. The van der Waals surface area contributed by atoms with Crippen molar-refractivity contribution in [1.29, 1.82) is 0 Å². The van der Waals surface area contributed by atoms with E-state index in [2.05, 4.69) is 25.6 Å². The summed E-state index contributed by atoms with van der Waals surface area (Å²) in [4.78, 5) is 3.98. The van der Waals surface area contributed by atoms with Crippen LogP contribution in [0.15, 0.2) is 48.8 Å². The fourth-order valence-electron chi connectivity index (χ4n) is 3.12. The van der Waals surface area contributed by atoms with Gasteiger partial charge in [-0.3, -0.25) is 4.98 Å². The SMILES string of the molecule is Cc1cc(-c2ccn3nc(Nc4ccc(C5CC5)nn4)cc3c2)c(F)cn1. The molecule has 1 N–H and O–H groups in total. The van der Waals surface area contributed by atoms with Gasteiger partial charge in [0.05, 0.1) is 17.4 Å². The molecular weight excluding hydrogens is 343 g/mol. The van der Waals surface area contributed by atoms with Crippen molar-refractivity contribution < 1.29 is 4.39 Å². The van der Waals surface area contributed by atoms with Crippen molar-refractivity contribution in [3.05, 3.63) is 66.0 Å². The van der Waals surface area contributed by atoms with E-state index in [-0.39, 0.29) is 5.82 Å². The zero-order valence-electron chi connectivity index (χ0n) is 14.7. The Morgan fingerprint density at radius 3 is 2.74 bits per heavy atom. The number of nitrogens with zero attached hydrogens (tertiary/aromatic N) is 5. The van der Waals surface area contributed by atoms with E-state index in [9.17, 15) is 4.39 Å². The Kier molecular flexibility index (Phi) is 3.60. The third-order valence-electron chi connectivity index (χ3n) is 4.70. The van der Waals surface area contributed by atoms with Crippen LogP contribution in [-0.2, 0) is 0 Å². The summed E-state index contributed by atoms with van der Waals surface area (Å²) in [5.74, 6) is 1.55. The molecule has 6 nitrogen and oxygen atoms in total. The van der Waals surface area contributed by atoms with Crippen molar-refractivity contribution in [3.8, 4) is 11.1 Å². The molecular formula is C20H17FN6. The minimum atomic E-state index is -0.339. The van der Waals surface area contributed by atoms with Gasteiger partial charge in [-0.2, -0.15) is 10.2 Å². The third kappa shape index (κ3) is 3.12. The quantitative estimate of drug-likeness (QED) is 0.589. The van der Waals surface area contributed by atoms with Crippen molar-refractivity contribution in [2.24, 2.45) is 0 Å². The summed E-state index contributed by atoms with van der Waals surface area (Å²) in [5, 5.41) is 16.1. The lowest BCUT2D eigenvalue weighted by atomic mass is 10.1. The Morgan fingerprint density at radius 1 is 1.07 bits per heavy atom. The number of aromatic nitrogens is 5. The lowest BCUT2D eigenvalue weighted by Gasteiger charge is -2.04. The highest BCUT2D eigenvalue weighted by atomic mass is 19.1. The smallest absolute Gasteiger partial charge is 0.154 e. The van der Waals surface area contributed by atoms with Crippen molar-refractivity contribution >= 4 is 17.2 Å². The summed E-state index contributed by atoms with van der Waals surface area (Å²) in [6, 6.07) is 11.3. The van der Waals surface area contributed by atoms with Crippen LogP contribution in [0.1, 0.15) is 30.1 Å². The maximum atomic E-state index is 14.1. The number of aryl methyl sites for hydroxylation is 1. The monoisotopic (exact) mass is 360 g/mol. The van der Waals surface area contributed by atoms with E-state index in [1.54, 1.807) is 10.6 Å². The van der Waals surface area contributed by atoms with Crippen LogP contribution < -0.4 is 5.32 Å². The van der Waals surface area contributed by atoms with Gasteiger partial charge in [0.25, 0.3) is 0 Å². The van der Waals surface area contributed by atoms with Crippen molar-refractivity contribution in [2.45, 2.75) is 25.7 Å². The van der Waals surface area contributed by atoms with Gasteiger partial charge in [-0.1, -0.05) is 0 Å². The predicted octanol–water partition coefficient (Wildman–Crippen LogP) is 4.25. The number of anilines is 2. The maximum absolute atomic E-state index is 14.1. The minimum absolute atomic E-state index is 0.339. The first kappa shape index (κ1) is 15.9. The van der Waals surface area contributed by atoms with E-state index in [0.29, 0.717) is 23.1 Å². The van der Waals surface area contributed by atoms with E-state index >= 15 is 0 Å². The van der Waals surface area contributed by atoms with Crippen LogP contribution >= 0.6 is 0 Å². The summed E-state index contributed by atoms with van der Waals surface area (Å²) in [6.07, 6.45) is 5.47. The van der Waals surface area contributed by atoms with E-state index in [4.69, 9.17) is 0 Å². The van der Waals surface area contributed by atoms with Crippen molar-refractivity contribution in [3.63, 3.8) is 0 Å². The van der Waals surface area contributed by atoms with E-state index in [0.717, 1.165) is 22.5 Å². The van der Waals surface area contributed by atoms with Crippen LogP contribution in [0, 0.1) is 12.7 Å². The van der Waals surface area contributed by atoms with Crippen LogP contribution in [0.4, 0.5) is 16.0 Å². The standard InChI is InChI=1S/C20H17FN6/c1-12-8-16(17(21)11-22-12)14-6-7-27-15(9-14)10-20(26-27)23-19-5-4-18(24-25-19)13-2-3-13/h4-11,13H,2-3H2,1H3,(H,23,25,26). The summed E-state index contributed by atoms with van der Waals surface area (Å²) < 4.78 is 15.9. The molecule has 4 aromatic rings. The van der Waals surface area contributed by atoms with Gasteiger partial charge in [0, 0.05) is 29.4 Å². The predicted molar refractivity (Wildman–Crippen MR) is 100 cm³/mol. The number of fused-ring (bicyclic) bond motifs is 1. The highest BCUT2D eigenvalue weighted by Gasteiger charge is 2.25. The molecule has 4 aromatic heterocycles. The van der Waals surface area contributed by atoms with Crippen LogP contribution in [-0.4, -0.2) is 24.8 Å². The van der Waals surface area contributed by atoms with Gasteiger partial charge in [-0.15, -0.1) is 5.10 Å². The van der Waals surface area contributed by atoms with Gasteiger partial charge in [-0.05, 0) is 55.7 Å². The fourth-order valence-corrected chi connectivity index (χ4v) is 3.12. The van der Waals surface area contributed by atoms with Crippen LogP contribution in [0.2, 0.25) is 0 Å². The second-order valence-corrected chi connectivity index (χ2v) is 6.86. The summed E-state index contributed by atoms with van der Waals surface area (Å²) in [6.45, 7) is 1.85. The molecule has 0 radical (unpaired) electrons. The molecule has 0 amide bonds. The average molecular weight is 360 g/mol. The molecule has 0 unspecified atom stereocenters. The molecule has 0 atom stereocenters. The van der Waals surface area contributed by atoms with Crippen LogP contribution in [0.3, 0.4) is 0 Å². The summed E-state index contributed by atoms with van der Waals surface area (Å²) >= 11 is 0. The molecule has 1 saturated carbocycles. The molecule has 1 aliphatic carbocycles. The molecule has 4 heterocycles. The van der Waals surface area contributed by atoms with Gasteiger partial charge >= 0.3 is 0 Å². The zero-order chi connectivity index (χ0) is 18.4. The van der Waals surface area contributed by atoms with Crippen molar-refractivity contribution in [2.75, 3.05) is 5.32 Å². The Hall–Kier alpha value is -3.35. The van der Waals surface area contributed by atoms with E-state index in [1.807, 2.05) is 43.5 Å². The second kappa shape index (κ2) is 6.12. The molecule has 0 bridgehead atoms. The lowest BCUT2D eigenvalue weighted by Crippen LogP contribution is -1.98. The van der Waals surface area contributed by atoms with Gasteiger partial charge in [0.2, 0.25) is 0 Å². The molecule has 0 aromatic carbocycles. The fraction of sp³-hybridized carbons (Fsp3) is 0.200. The third-order valence-corrected chi connectivity index (χ3v) is 4.70.